The standard InChI is InChI=1S/C20H20Cl2N2O3/c21-14-3-1-13(2-4-14)17(25)12-24-9-7-20(8-10-24)16-11-15(22)5-6-18(16)27-19(26)23-20/h1-6,11,17,25H,7-10,12H2,(H,23,26). The molecule has 2 aliphatic rings. The van der Waals surface area contributed by atoms with Crippen molar-refractivity contribution in [3.8, 4) is 5.75 Å². The van der Waals surface area contributed by atoms with Gasteiger partial charge in [-0.2, -0.15) is 0 Å². The molecule has 0 aliphatic carbocycles. The van der Waals surface area contributed by atoms with Gasteiger partial charge in [0, 0.05) is 35.2 Å². The van der Waals surface area contributed by atoms with Crippen molar-refractivity contribution in [3.63, 3.8) is 0 Å². The second-order valence-corrected chi connectivity index (χ2v) is 7.98. The van der Waals surface area contributed by atoms with Crippen LogP contribution in [-0.2, 0) is 5.54 Å². The van der Waals surface area contributed by atoms with Crippen molar-refractivity contribution in [1.29, 1.82) is 0 Å². The monoisotopic (exact) mass is 406 g/mol. The molecule has 7 heteroatoms. The first-order chi connectivity index (χ1) is 12.9. The number of fused-ring (bicyclic) bond motifs is 2. The minimum absolute atomic E-state index is 0.431. The summed E-state index contributed by atoms with van der Waals surface area (Å²) in [5.41, 5.74) is 1.29. The Hall–Kier alpha value is -1.79. The van der Waals surface area contributed by atoms with Crippen LogP contribution in [0.25, 0.3) is 0 Å². The Morgan fingerprint density at radius 1 is 1.11 bits per heavy atom. The van der Waals surface area contributed by atoms with E-state index in [-0.39, 0.29) is 0 Å². The third-order valence-corrected chi connectivity index (χ3v) is 5.88. The molecule has 0 bridgehead atoms. The van der Waals surface area contributed by atoms with Crippen molar-refractivity contribution in [1.82, 2.24) is 10.2 Å². The lowest BCUT2D eigenvalue weighted by Gasteiger charge is -2.45. The summed E-state index contributed by atoms with van der Waals surface area (Å²) in [6.45, 7) is 2.03. The molecule has 1 spiro atoms. The third-order valence-electron chi connectivity index (χ3n) is 5.40. The third kappa shape index (κ3) is 3.78. The molecule has 1 fully saturated rings. The largest absolute Gasteiger partial charge is 0.413 e. The molecule has 0 radical (unpaired) electrons. The number of hydrogen-bond donors (Lipinski definition) is 2. The van der Waals surface area contributed by atoms with Crippen molar-refractivity contribution < 1.29 is 14.6 Å². The van der Waals surface area contributed by atoms with Gasteiger partial charge in [-0.15, -0.1) is 0 Å². The first-order valence-electron chi connectivity index (χ1n) is 8.91. The van der Waals surface area contributed by atoms with E-state index in [9.17, 15) is 9.90 Å². The minimum Gasteiger partial charge on any atom is -0.410 e. The van der Waals surface area contributed by atoms with E-state index >= 15 is 0 Å². The summed E-state index contributed by atoms with van der Waals surface area (Å²) in [4.78, 5) is 14.2. The zero-order chi connectivity index (χ0) is 19.0. The number of carbonyl (C=O) groups is 1. The first kappa shape index (κ1) is 18.6. The highest BCUT2D eigenvalue weighted by Crippen LogP contribution is 2.42. The van der Waals surface area contributed by atoms with Gasteiger partial charge in [0.05, 0.1) is 11.6 Å². The Balaban J connectivity index is 1.46. The molecule has 1 amide bonds. The number of benzene rings is 2. The fraction of sp³-hybridized carbons (Fsp3) is 0.350. The molecule has 0 aromatic heterocycles. The summed E-state index contributed by atoms with van der Waals surface area (Å²) in [5, 5.41) is 14.8. The van der Waals surface area contributed by atoms with Gasteiger partial charge < -0.3 is 20.1 Å². The van der Waals surface area contributed by atoms with Crippen LogP contribution < -0.4 is 10.1 Å². The summed E-state index contributed by atoms with van der Waals surface area (Å²) < 4.78 is 5.30. The number of nitrogens with one attached hydrogen (secondary N) is 1. The van der Waals surface area contributed by atoms with Gasteiger partial charge in [0.1, 0.15) is 5.75 Å². The van der Waals surface area contributed by atoms with E-state index in [0.717, 1.165) is 37.1 Å². The topological polar surface area (TPSA) is 61.8 Å². The Bertz CT molecular complexity index is 849. The number of aliphatic hydroxyl groups excluding tert-OH is 1. The van der Waals surface area contributed by atoms with Gasteiger partial charge in [0.15, 0.2) is 0 Å². The quantitative estimate of drug-likeness (QED) is 0.804. The predicted octanol–water partition coefficient (Wildman–Crippen LogP) is 4.12. The minimum atomic E-state index is -0.581. The summed E-state index contributed by atoms with van der Waals surface area (Å²) in [6, 6.07) is 12.6. The lowest BCUT2D eigenvalue weighted by Crippen LogP contribution is -2.56. The Kier molecular flexibility index (Phi) is 5.03. The summed E-state index contributed by atoms with van der Waals surface area (Å²) >= 11 is 12.1. The molecule has 1 saturated heterocycles. The highest BCUT2D eigenvalue weighted by atomic mass is 35.5. The van der Waals surface area contributed by atoms with E-state index in [1.54, 1.807) is 24.3 Å². The Morgan fingerprint density at radius 2 is 1.78 bits per heavy atom. The van der Waals surface area contributed by atoms with Gasteiger partial charge in [-0.25, -0.2) is 4.79 Å². The molecule has 27 heavy (non-hydrogen) atoms. The number of nitrogens with zero attached hydrogens (tertiary/aromatic N) is 1. The van der Waals surface area contributed by atoms with Gasteiger partial charge in [0.25, 0.3) is 0 Å². The van der Waals surface area contributed by atoms with Crippen molar-refractivity contribution in [2.24, 2.45) is 0 Å². The van der Waals surface area contributed by atoms with Crippen molar-refractivity contribution in [3.05, 3.63) is 63.6 Å². The highest BCUT2D eigenvalue weighted by Gasteiger charge is 2.43. The lowest BCUT2D eigenvalue weighted by molar-refractivity contribution is 0.0671. The number of carbonyl (C=O) groups excluding carboxylic acids is 1. The number of aliphatic hydroxyl groups is 1. The lowest BCUT2D eigenvalue weighted by atomic mass is 9.79. The van der Waals surface area contributed by atoms with Gasteiger partial charge >= 0.3 is 6.09 Å². The number of ether oxygens (including phenoxy) is 1. The molecule has 5 nitrogen and oxygen atoms in total. The van der Waals surface area contributed by atoms with E-state index in [2.05, 4.69) is 10.2 Å². The summed E-state index contributed by atoms with van der Waals surface area (Å²) in [6.07, 6.45) is 0.438. The van der Waals surface area contributed by atoms with E-state index < -0.39 is 17.7 Å². The van der Waals surface area contributed by atoms with Crippen LogP contribution in [-0.4, -0.2) is 35.7 Å². The van der Waals surface area contributed by atoms with E-state index in [1.807, 2.05) is 18.2 Å². The van der Waals surface area contributed by atoms with Crippen LogP contribution in [0.1, 0.15) is 30.1 Å². The molecular weight excluding hydrogens is 387 g/mol. The van der Waals surface area contributed by atoms with Crippen LogP contribution in [0.15, 0.2) is 42.5 Å². The molecule has 2 aromatic rings. The van der Waals surface area contributed by atoms with Crippen LogP contribution in [0.3, 0.4) is 0 Å². The number of hydrogen-bond acceptors (Lipinski definition) is 4. The normalized spacial score (nSPS) is 19.9. The first-order valence-corrected chi connectivity index (χ1v) is 9.67. The average Bonchev–Trinajstić information content (AvgIpc) is 2.65. The van der Waals surface area contributed by atoms with Crippen LogP contribution >= 0.6 is 23.2 Å². The number of β-amino-alcohol motifs (C(OH)–C–C–N with tert-alkyl or cyclic N) is 1. The number of piperidine rings is 1. The zero-order valence-corrected chi connectivity index (χ0v) is 16.1. The van der Waals surface area contributed by atoms with Crippen LogP contribution in [0.2, 0.25) is 10.0 Å². The molecular formula is C20H20Cl2N2O3. The highest BCUT2D eigenvalue weighted by molar-refractivity contribution is 6.30. The summed E-state index contributed by atoms with van der Waals surface area (Å²) in [7, 11) is 0. The van der Waals surface area contributed by atoms with Crippen molar-refractivity contribution in [2.45, 2.75) is 24.5 Å². The molecule has 0 saturated carbocycles. The van der Waals surface area contributed by atoms with Crippen molar-refractivity contribution in [2.75, 3.05) is 19.6 Å². The SMILES string of the molecule is O=C1NC2(CCN(CC(O)c3ccc(Cl)cc3)CC2)c2cc(Cl)ccc2O1. The van der Waals surface area contributed by atoms with Crippen LogP contribution in [0.5, 0.6) is 5.75 Å². The zero-order valence-electron chi connectivity index (χ0n) is 14.6. The Labute approximate surface area is 167 Å². The van der Waals surface area contributed by atoms with Gasteiger partial charge in [0.2, 0.25) is 0 Å². The van der Waals surface area contributed by atoms with E-state index in [1.165, 1.54) is 0 Å². The maximum absolute atomic E-state index is 12.0. The molecule has 4 rings (SSSR count). The smallest absolute Gasteiger partial charge is 0.410 e. The number of rotatable bonds is 3. The number of likely N-dealkylation sites (tertiary alicyclic amines) is 1. The maximum Gasteiger partial charge on any atom is 0.413 e. The molecule has 2 N–H and O–H groups in total. The molecule has 2 heterocycles. The van der Waals surface area contributed by atoms with Gasteiger partial charge in [-0.05, 0) is 48.7 Å². The second kappa shape index (κ2) is 7.32. The van der Waals surface area contributed by atoms with E-state index in [4.69, 9.17) is 27.9 Å². The molecule has 2 aliphatic heterocycles. The second-order valence-electron chi connectivity index (χ2n) is 7.11. The van der Waals surface area contributed by atoms with Crippen LogP contribution in [0, 0.1) is 0 Å². The van der Waals surface area contributed by atoms with E-state index in [0.29, 0.717) is 22.3 Å². The molecule has 142 valence electrons. The predicted molar refractivity (Wildman–Crippen MR) is 104 cm³/mol. The fourth-order valence-electron chi connectivity index (χ4n) is 3.90. The fourth-order valence-corrected chi connectivity index (χ4v) is 4.20. The molecule has 1 atom stereocenters. The number of halogens is 2. The Morgan fingerprint density at radius 3 is 2.48 bits per heavy atom. The van der Waals surface area contributed by atoms with Crippen LogP contribution in [0.4, 0.5) is 4.79 Å². The molecule has 2 aromatic carbocycles. The molecule has 1 unspecified atom stereocenters. The number of amides is 1. The van der Waals surface area contributed by atoms with Gasteiger partial charge in [-0.1, -0.05) is 35.3 Å². The summed E-state index contributed by atoms with van der Waals surface area (Å²) in [5.74, 6) is 0.567. The average molecular weight is 407 g/mol. The maximum atomic E-state index is 12.0. The van der Waals surface area contributed by atoms with Gasteiger partial charge in [-0.3, -0.25) is 0 Å². The van der Waals surface area contributed by atoms with Crippen molar-refractivity contribution >= 4 is 29.3 Å².